The quantitative estimate of drug-likeness (QED) is 0.876. The predicted octanol–water partition coefficient (Wildman–Crippen LogP) is 1.91. The molecule has 0 aromatic heterocycles. The third-order valence-electron chi connectivity index (χ3n) is 3.74. The maximum atomic E-state index is 11.1. The molecule has 1 saturated heterocycles. The number of hydrogen-bond acceptors (Lipinski definition) is 3. The van der Waals surface area contributed by atoms with Crippen molar-refractivity contribution in [2.75, 3.05) is 20.3 Å². The van der Waals surface area contributed by atoms with Crippen LogP contribution in [0.2, 0.25) is 0 Å². The number of nitrogens with zero attached hydrogens (tertiary/aromatic N) is 1. The molecule has 104 valence electrons. The SMILES string of the molecule is COc1cccc(C2CCN(C(=O)O)C(CO)C2)c1. The standard InChI is InChI=1S/C14H19NO4/c1-19-13-4-2-3-10(8-13)11-5-6-15(14(17)18)12(7-11)9-16/h2-4,8,11-12,16H,5-7,9H2,1H3,(H,17,18). The Morgan fingerprint density at radius 1 is 1.53 bits per heavy atom. The van der Waals surface area contributed by atoms with Crippen molar-refractivity contribution >= 4 is 6.09 Å². The summed E-state index contributed by atoms with van der Waals surface area (Å²) in [6.45, 7) is 0.329. The zero-order chi connectivity index (χ0) is 13.8. The second-order valence-corrected chi connectivity index (χ2v) is 4.81. The summed E-state index contributed by atoms with van der Waals surface area (Å²) < 4.78 is 5.20. The van der Waals surface area contributed by atoms with Crippen molar-refractivity contribution in [1.82, 2.24) is 4.90 Å². The van der Waals surface area contributed by atoms with Crippen molar-refractivity contribution < 1.29 is 19.7 Å². The molecule has 1 heterocycles. The van der Waals surface area contributed by atoms with E-state index >= 15 is 0 Å². The van der Waals surface area contributed by atoms with Gasteiger partial charge in [-0.15, -0.1) is 0 Å². The van der Waals surface area contributed by atoms with Crippen molar-refractivity contribution in [3.8, 4) is 5.75 Å². The Bertz CT molecular complexity index is 449. The average Bonchev–Trinajstić information content (AvgIpc) is 2.46. The summed E-state index contributed by atoms with van der Waals surface area (Å²) in [5.41, 5.74) is 1.14. The number of aliphatic hydroxyl groups is 1. The molecule has 1 aromatic carbocycles. The molecular weight excluding hydrogens is 246 g/mol. The topological polar surface area (TPSA) is 70.0 Å². The van der Waals surface area contributed by atoms with E-state index in [4.69, 9.17) is 9.84 Å². The van der Waals surface area contributed by atoms with Crippen molar-refractivity contribution in [2.45, 2.75) is 24.8 Å². The minimum Gasteiger partial charge on any atom is -0.497 e. The highest BCUT2D eigenvalue weighted by atomic mass is 16.5. The van der Waals surface area contributed by atoms with E-state index in [1.807, 2.05) is 24.3 Å². The lowest BCUT2D eigenvalue weighted by Gasteiger charge is -2.37. The molecule has 2 atom stereocenters. The van der Waals surface area contributed by atoms with Gasteiger partial charge in [0.2, 0.25) is 0 Å². The van der Waals surface area contributed by atoms with Crippen LogP contribution >= 0.6 is 0 Å². The molecule has 19 heavy (non-hydrogen) atoms. The maximum absolute atomic E-state index is 11.1. The van der Waals surface area contributed by atoms with Crippen LogP contribution in [-0.2, 0) is 0 Å². The highest BCUT2D eigenvalue weighted by Gasteiger charge is 2.31. The van der Waals surface area contributed by atoms with Gasteiger partial charge in [0.15, 0.2) is 0 Å². The summed E-state index contributed by atoms with van der Waals surface area (Å²) in [7, 11) is 1.63. The Balaban J connectivity index is 2.12. The second-order valence-electron chi connectivity index (χ2n) is 4.81. The Hall–Kier alpha value is -1.75. The van der Waals surface area contributed by atoms with Gasteiger partial charge >= 0.3 is 6.09 Å². The van der Waals surface area contributed by atoms with Crippen molar-refractivity contribution in [3.63, 3.8) is 0 Å². The number of ether oxygens (including phenoxy) is 1. The highest BCUT2D eigenvalue weighted by molar-refractivity contribution is 5.65. The van der Waals surface area contributed by atoms with Crippen LogP contribution in [-0.4, -0.2) is 47.5 Å². The molecule has 2 unspecified atom stereocenters. The Labute approximate surface area is 112 Å². The smallest absolute Gasteiger partial charge is 0.407 e. The number of benzene rings is 1. The summed E-state index contributed by atoms with van der Waals surface area (Å²) in [6.07, 6.45) is 0.467. The molecule has 5 nitrogen and oxygen atoms in total. The van der Waals surface area contributed by atoms with E-state index in [0.29, 0.717) is 13.0 Å². The van der Waals surface area contributed by atoms with E-state index in [9.17, 15) is 9.90 Å². The zero-order valence-electron chi connectivity index (χ0n) is 11.0. The van der Waals surface area contributed by atoms with Crippen LogP contribution in [0.5, 0.6) is 5.75 Å². The third kappa shape index (κ3) is 2.98. The summed E-state index contributed by atoms with van der Waals surface area (Å²) in [4.78, 5) is 12.4. The normalized spacial score (nSPS) is 23.2. The molecule has 0 radical (unpaired) electrons. The molecule has 1 aliphatic heterocycles. The van der Waals surface area contributed by atoms with E-state index in [2.05, 4.69) is 0 Å². The molecule has 0 saturated carbocycles. The predicted molar refractivity (Wildman–Crippen MR) is 70.6 cm³/mol. The molecule has 5 heteroatoms. The first-order valence-corrected chi connectivity index (χ1v) is 6.40. The summed E-state index contributed by atoms with van der Waals surface area (Å²) >= 11 is 0. The summed E-state index contributed by atoms with van der Waals surface area (Å²) in [5, 5.41) is 18.4. The fourth-order valence-corrected chi connectivity index (χ4v) is 2.67. The number of hydrogen-bond donors (Lipinski definition) is 2. The number of aliphatic hydroxyl groups excluding tert-OH is 1. The van der Waals surface area contributed by atoms with E-state index in [1.165, 1.54) is 4.90 Å². The monoisotopic (exact) mass is 265 g/mol. The number of likely N-dealkylation sites (tertiary alicyclic amines) is 1. The van der Waals surface area contributed by atoms with Crippen LogP contribution in [0.4, 0.5) is 4.79 Å². The van der Waals surface area contributed by atoms with Gasteiger partial charge in [0, 0.05) is 6.54 Å². The lowest BCUT2D eigenvalue weighted by Crippen LogP contribution is -2.46. The molecule has 2 rings (SSSR count). The van der Waals surface area contributed by atoms with E-state index in [-0.39, 0.29) is 18.6 Å². The summed E-state index contributed by atoms with van der Waals surface area (Å²) in [6, 6.07) is 7.51. The molecule has 1 aromatic rings. The molecule has 1 amide bonds. The van der Waals surface area contributed by atoms with Crippen molar-refractivity contribution in [3.05, 3.63) is 29.8 Å². The van der Waals surface area contributed by atoms with Gasteiger partial charge in [0.1, 0.15) is 5.75 Å². The lowest BCUT2D eigenvalue weighted by atomic mass is 9.85. The van der Waals surface area contributed by atoms with E-state index in [1.54, 1.807) is 7.11 Å². The Morgan fingerprint density at radius 3 is 2.95 bits per heavy atom. The zero-order valence-corrected chi connectivity index (χ0v) is 11.0. The number of carbonyl (C=O) groups is 1. The number of rotatable bonds is 3. The van der Waals surface area contributed by atoms with Gasteiger partial charge in [-0.3, -0.25) is 0 Å². The van der Waals surface area contributed by atoms with Crippen LogP contribution in [0.3, 0.4) is 0 Å². The fraction of sp³-hybridized carbons (Fsp3) is 0.500. The van der Waals surface area contributed by atoms with Gasteiger partial charge in [-0.1, -0.05) is 12.1 Å². The van der Waals surface area contributed by atoms with Crippen LogP contribution in [0.25, 0.3) is 0 Å². The lowest BCUT2D eigenvalue weighted by molar-refractivity contribution is 0.0717. The van der Waals surface area contributed by atoms with Crippen molar-refractivity contribution in [2.24, 2.45) is 0 Å². The molecule has 0 spiro atoms. The molecule has 1 aliphatic rings. The van der Waals surface area contributed by atoms with Gasteiger partial charge in [0.05, 0.1) is 19.8 Å². The number of amides is 1. The molecule has 1 fully saturated rings. The van der Waals surface area contributed by atoms with Crippen molar-refractivity contribution in [1.29, 1.82) is 0 Å². The largest absolute Gasteiger partial charge is 0.497 e. The molecule has 2 N–H and O–H groups in total. The first kappa shape index (κ1) is 13.7. The molecular formula is C14H19NO4. The third-order valence-corrected chi connectivity index (χ3v) is 3.74. The number of methoxy groups -OCH3 is 1. The van der Waals surface area contributed by atoms with Crippen LogP contribution in [0.1, 0.15) is 24.3 Å². The van der Waals surface area contributed by atoms with Gasteiger partial charge in [-0.2, -0.15) is 0 Å². The first-order valence-electron chi connectivity index (χ1n) is 6.40. The second kappa shape index (κ2) is 5.93. The van der Waals surface area contributed by atoms with Crippen LogP contribution < -0.4 is 4.74 Å². The first-order chi connectivity index (χ1) is 9.15. The van der Waals surface area contributed by atoms with Gasteiger partial charge in [0.25, 0.3) is 0 Å². The summed E-state index contributed by atoms with van der Waals surface area (Å²) in [5.74, 6) is 1.07. The van der Waals surface area contributed by atoms with E-state index < -0.39 is 6.09 Å². The van der Waals surface area contributed by atoms with Gasteiger partial charge in [-0.05, 0) is 36.5 Å². The minimum atomic E-state index is -0.955. The fourth-order valence-electron chi connectivity index (χ4n) is 2.67. The highest BCUT2D eigenvalue weighted by Crippen LogP contribution is 2.33. The Kier molecular flexibility index (Phi) is 4.27. The number of carboxylic acid groups (broad SMARTS) is 1. The average molecular weight is 265 g/mol. The van der Waals surface area contributed by atoms with E-state index in [0.717, 1.165) is 17.7 Å². The van der Waals surface area contributed by atoms with Gasteiger partial charge < -0.3 is 19.8 Å². The Morgan fingerprint density at radius 2 is 2.32 bits per heavy atom. The van der Waals surface area contributed by atoms with Crippen LogP contribution in [0.15, 0.2) is 24.3 Å². The van der Waals surface area contributed by atoms with Crippen LogP contribution in [0, 0.1) is 0 Å². The number of piperidine rings is 1. The maximum Gasteiger partial charge on any atom is 0.407 e. The van der Waals surface area contributed by atoms with Gasteiger partial charge in [-0.25, -0.2) is 4.79 Å². The minimum absolute atomic E-state index is 0.132. The molecule has 0 bridgehead atoms. The molecule has 0 aliphatic carbocycles.